The number of nitrogens with two attached hydrogens (primary N) is 1. The van der Waals surface area contributed by atoms with Gasteiger partial charge in [0.2, 0.25) is 0 Å². The van der Waals surface area contributed by atoms with Crippen LogP contribution in [0.1, 0.15) is 38.8 Å². The molecule has 0 saturated heterocycles. The summed E-state index contributed by atoms with van der Waals surface area (Å²) in [5, 5.41) is 1.26. The van der Waals surface area contributed by atoms with E-state index in [9.17, 15) is 0 Å². The Morgan fingerprint density at radius 3 is 2.75 bits per heavy atom. The van der Waals surface area contributed by atoms with Crippen LogP contribution in [0.25, 0.3) is 0 Å². The maximum atomic E-state index is 6.15. The van der Waals surface area contributed by atoms with Crippen molar-refractivity contribution < 1.29 is 0 Å². The van der Waals surface area contributed by atoms with Crippen LogP contribution in [0.3, 0.4) is 0 Å². The quantitative estimate of drug-likeness (QED) is 0.612. The Labute approximate surface area is 102 Å². The van der Waals surface area contributed by atoms with Crippen molar-refractivity contribution in [1.29, 1.82) is 0 Å². The Morgan fingerprint density at radius 2 is 2.19 bits per heavy atom. The number of aryl methyl sites for hydroxylation is 1. The van der Waals surface area contributed by atoms with E-state index in [1.54, 1.807) is 11.8 Å². The molecule has 0 fully saturated rings. The van der Waals surface area contributed by atoms with Gasteiger partial charge < -0.3 is 5.73 Å². The molecule has 0 aliphatic rings. The van der Waals surface area contributed by atoms with Gasteiger partial charge in [0.05, 0.1) is 0 Å². The predicted octanol–water partition coefficient (Wildman–Crippen LogP) is 2.78. The van der Waals surface area contributed by atoms with E-state index in [1.165, 1.54) is 0 Å². The molecule has 1 aromatic heterocycles. The molecule has 0 aliphatic heterocycles. The highest BCUT2D eigenvalue weighted by Gasteiger charge is 2.17. The SMILES string of the molecule is CCCC(N)C(CC)Sc1nccc(C)n1. The zero-order chi connectivity index (χ0) is 12.0. The van der Waals surface area contributed by atoms with Gasteiger partial charge in [0.15, 0.2) is 5.16 Å². The molecular formula is C12H21N3S. The second kappa shape index (κ2) is 6.86. The smallest absolute Gasteiger partial charge is 0.188 e. The molecule has 16 heavy (non-hydrogen) atoms. The van der Waals surface area contributed by atoms with Gasteiger partial charge in [-0.3, -0.25) is 0 Å². The van der Waals surface area contributed by atoms with Gasteiger partial charge in [-0.15, -0.1) is 0 Å². The van der Waals surface area contributed by atoms with Crippen LogP contribution in [0, 0.1) is 6.92 Å². The lowest BCUT2D eigenvalue weighted by Crippen LogP contribution is -2.31. The Balaban J connectivity index is 2.62. The van der Waals surface area contributed by atoms with Crippen molar-refractivity contribution in [2.75, 3.05) is 0 Å². The van der Waals surface area contributed by atoms with Gasteiger partial charge in [-0.25, -0.2) is 9.97 Å². The monoisotopic (exact) mass is 239 g/mol. The fraction of sp³-hybridized carbons (Fsp3) is 0.667. The second-order valence-electron chi connectivity index (χ2n) is 4.00. The van der Waals surface area contributed by atoms with Crippen molar-refractivity contribution in [1.82, 2.24) is 9.97 Å². The topological polar surface area (TPSA) is 51.8 Å². The van der Waals surface area contributed by atoms with Crippen LogP contribution in [0.2, 0.25) is 0 Å². The Morgan fingerprint density at radius 1 is 1.44 bits per heavy atom. The van der Waals surface area contributed by atoms with Gasteiger partial charge in [-0.2, -0.15) is 0 Å². The lowest BCUT2D eigenvalue weighted by Gasteiger charge is -2.20. The number of hydrogen-bond donors (Lipinski definition) is 1. The summed E-state index contributed by atoms with van der Waals surface area (Å²) in [6, 6.07) is 2.15. The van der Waals surface area contributed by atoms with Crippen LogP contribution in [0.5, 0.6) is 0 Å². The summed E-state index contributed by atoms with van der Waals surface area (Å²) in [6.45, 7) is 6.32. The maximum Gasteiger partial charge on any atom is 0.188 e. The lowest BCUT2D eigenvalue weighted by molar-refractivity contribution is 0.565. The minimum absolute atomic E-state index is 0.240. The third-order valence-electron chi connectivity index (χ3n) is 2.53. The Hall–Kier alpha value is -0.610. The predicted molar refractivity (Wildman–Crippen MR) is 69.6 cm³/mol. The summed E-state index contributed by atoms with van der Waals surface area (Å²) in [5.74, 6) is 0. The van der Waals surface area contributed by atoms with E-state index in [1.807, 2.05) is 19.2 Å². The molecule has 4 heteroatoms. The van der Waals surface area contributed by atoms with E-state index >= 15 is 0 Å². The molecule has 1 aromatic rings. The van der Waals surface area contributed by atoms with Crippen LogP contribution < -0.4 is 5.73 Å². The molecule has 0 saturated carbocycles. The minimum atomic E-state index is 0.240. The zero-order valence-electron chi connectivity index (χ0n) is 10.3. The fourth-order valence-corrected chi connectivity index (χ4v) is 2.68. The largest absolute Gasteiger partial charge is 0.327 e. The lowest BCUT2D eigenvalue weighted by atomic mass is 10.1. The highest BCUT2D eigenvalue weighted by molar-refractivity contribution is 7.99. The van der Waals surface area contributed by atoms with Crippen molar-refractivity contribution in [2.24, 2.45) is 5.73 Å². The van der Waals surface area contributed by atoms with E-state index < -0.39 is 0 Å². The molecule has 1 heterocycles. The van der Waals surface area contributed by atoms with Gasteiger partial charge in [0, 0.05) is 23.2 Å². The van der Waals surface area contributed by atoms with Gasteiger partial charge in [0.25, 0.3) is 0 Å². The van der Waals surface area contributed by atoms with Crippen molar-refractivity contribution in [2.45, 2.75) is 56.5 Å². The summed E-state index contributed by atoms with van der Waals surface area (Å²) in [7, 11) is 0. The van der Waals surface area contributed by atoms with Gasteiger partial charge in [-0.1, -0.05) is 32.0 Å². The molecule has 0 bridgehead atoms. The second-order valence-corrected chi connectivity index (χ2v) is 5.20. The highest BCUT2D eigenvalue weighted by Crippen LogP contribution is 2.25. The molecule has 0 radical (unpaired) electrons. The Bertz CT molecular complexity index is 317. The first-order valence-electron chi connectivity index (χ1n) is 5.89. The summed E-state index contributed by atoms with van der Waals surface area (Å²) in [4.78, 5) is 8.67. The van der Waals surface area contributed by atoms with Crippen molar-refractivity contribution in [3.63, 3.8) is 0 Å². The standard InChI is InChI=1S/C12H21N3S/c1-4-6-10(13)11(5-2)16-12-14-8-7-9(3)15-12/h7-8,10-11H,4-6,13H2,1-3H3. The molecule has 3 nitrogen and oxygen atoms in total. The van der Waals surface area contributed by atoms with E-state index in [4.69, 9.17) is 5.73 Å². The summed E-state index contributed by atoms with van der Waals surface area (Å²) < 4.78 is 0. The molecule has 90 valence electrons. The Kier molecular flexibility index (Phi) is 5.77. The summed E-state index contributed by atoms with van der Waals surface area (Å²) in [5.41, 5.74) is 7.16. The molecule has 0 spiro atoms. The van der Waals surface area contributed by atoms with E-state index in [0.29, 0.717) is 5.25 Å². The third kappa shape index (κ3) is 4.10. The van der Waals surface area contributed by atoms with E-state index in [-0.39, 0.29) is 6.04 Å². The number of rotatable bonds is 6. The van der Waals surface area contributed by atoms with Gasteiger partial charge in [-0.05, 0) is 25.8 Å². The first-order valence-corrected chi connectivity index (χ1v) is 6.77. The number of hydrogen-bond acceptors (Lipinski definition) is 4. The molecular weight excluding hydrogens is 218 g/mol. The molecule has 2 unspecified atom stereocenters. The van der Waals surface area contributed by atoms with Gasteiger partial charge >= 0.3 is 0 Å². The van der Waals surface area contributed by atoms with Crippen LogP contribution in [0.15, 0.2) is 17.4 Å². The first-order chi connectivity index (χ1) is 7.67. The maximum absolute atomic E-state index is 6.15. The molecule has 2 N–H and O–H groups in total. The van der Waals surface area contributed by atoms with E-state index in [2.05, 4.69) is 23.8 Å². The van der Waals surface area contributed by atoms with Crippen molar-refractivity contribution in [3.05, 3.63) is 18.0 Å². The normalized spacial score (nSPS) is 14.8. The molecule has 0 aliphatic carbocycles. The van der Waals surface area contributed by atoms with Gasteiger partial charge in [0.1, 0.15) is 0 Å². The molecule has 0 aromatic carbocycles. The molecule has 0 amide bonds. The highest BCUT2D eigenvalue weighted by atomic mass is 32.2. The fourth-order valence-electron chi connectivity index (χ4n) is 1.61. The minimum Gasteiger partial charge on any atom is -0.327 e. The first kappa shape index (κ1) is 13.5. The average Bonchev–Trinajstić information content (AvgIpc) is 2.26. The van der Waals surface area contributed by atoms with Crippen LogP contribution >= 0.6 is 11.8 Å². The molecule has 2 atom stereocenters. The number of thioether (sulfide) groups is 1. The van der Waals surface area contributed by atoms with Crippen molar-refractivity contribution in [3.8, 4) is 0 Å². The molecule has 1 rings (SSSR count). The number of aromatic nitrogens is 2. The van der Waals surface area contributed by atoms with Crippen LogP contribution in [-0.4, -0.2) is 21.3 Å². The number of nitrogens with zero attached hydrogens (tertiary/aromatic N) is 2. The summed E-state index contributed by atoms with van der Waals surface area (Å²) >= 11 is 1.70. The van der Waals surface area contributed by atoms with E-state index in [0.717, 1.165) is 30.1 Å². The van der Waals surface area contributed by atoms with Crippen LogP contribution in [-0.2, 0) is 0 Å². The average molecular weight is 239 g/mol. The third-order valence-corrected chi connectivity index (χ3v) is 3.92. The van der Waals surface area contributed by atoms with Crippen molar-refractivity contribution >= 4 is 11.8 Å². The summed E-state index contributed by atoms with van der Waals surface area (Å²) in [6.07, 6.45) is 5.07. The van der Waals surface area contributed by atoms with Crippen LogP contribution in [0.4, 0.5) is 0 Å². The zero-order valence-corrected chi connectivity index (χ0v) is 11.1.